The molecule has 0 aliphatic carbocycles. The van der Waals surface area contributed by atoms with Crippen LogP contribution in [0.5, 0.6) is 0 Å². The predicted molar refractivity (Wildman–Crippen MR) is 118 cm³/mol. The van der Waals surface area contributed by atoms with Crippen LogP contribution in [-0.2, 0) is 19.1 Å². The van der Waals surface area contributed by atoms with Gasteiger partial charge in [-0.2, -0.15) is 0 Å². The second kappa shape index (κ2) is 12.6. The summed E-state index contributed by atoms with van der Waals surface area (Å²) in [6.45, 7) is 16.9. The summed E-state index contributed by atoms with van der Waals surface area (Å²) in [4.78, 5) is 37.0. The van der Waals surface area contributed by atoms with Gasteiger partial charge in [-0.3, -0.25) is 14.4 Å². The number of aliphatic hydroxyl groups excluding tert-OH is 2. The van der Waals surface area contributed by atoms with Gasteiger partial charge in [0.2, 0.25) is 0 Å². The Labute approximate surface area is 180 Å². The molecule has 0 heterocycles. The molecule has 0 spiro atoms. The van der Waals surface area contributed by atoms with Gasteiger partial charge in [0.05, 0.1) is 24.0 Å². The van der Waals surface area contributed by atoms with Gasteiger partial charge in [0.1, 0.15) is 5.78 Å². The summed E-state index contributed by atoms with van der Waals surface area (Å²) in [5, 5.41) is 20.8. The third-order valence-electron chi connectivity index (χ3n) is 5.54. The van der Waals surface area contributed by atoms with E-state index in [0.29, 0.717) is 6.42 Å². The summed E-state index contributed by atoms with van der Waals surface area (Å²) in [5.74, 6) is -2.47. The molecule has 0 saturated carbocycles. The third-order valence-corrected chi connectivity index (χ3v) is 5.54. The van der Waals surface area contributed by atoms with Crippen molar-refractivity contribution in [2.75, 3.05) is 0 Å². The summed E-state index contributed by atoms with van der Waals surface area (Å²) in [6, 6.07) is 0. The number of carbonyl (C=O) groups is 3. The van der Waals surface area contributed by atoms with Crippen molar-refractivity contribution < 1.29 is 29.3 Å². The lowest BCUT2D eigenvalue weighted by Crippen LogP contribution is -2.45. The van der Waals surface area contributed by atoms with Crippen LogP contribution in [0, 0.1) is 17.3 Å². The number of ether oxygens (including phenoxy) is 1. The van der Waals surface area contributed by atoms with Crippen LogP contribution in [0.2, 0.25) is 0 Å². The van der Waals surface area contributed by atoms with Gasteiger partial charge in [-0.05, 0) is 20.3 Å². The zero-order chi connectivity index (χ0) is 23.6. The summed E-state index contributed by atoms with van der Waals surface area (Å²) in [7, 11) is 0. The van der Waals surface area contributed by atoms with E-state index in [2.05, 4.69) is 13.2 Å². The quantitative estimate of drug-likeness (QED) is 0.328. The number of esters is 1. The number of carbonyl (C=O) groups excluding carboxylic acids is 3. The Kier molecular flexibility index (Phi) is 11.7. The van der Waals surface area contributed by atoms with E-state index in [4.69, 9.17) is 4.74 Å². The fourth-order valence-electron chi connectivity index (χ4n) is 3.04. The van der Waals surface area contributed by atoms with Gasteiger partial charge in [-0.1, -0.05) is 51.5 Å². The van der Waals surface area contributed by atoms with Crippen molar-refractivity contribution in [2.24, 2.45) is 17.3 Å². The maximum Gasteiger partial charge on any atom is 0.309 e. The van der Waals surface area contributed by atoms with Gasteiger partial charge in [-0.15, -0.1) is 13.2 Å². The smallest absolute Gasteiger partial charge is 0.309 e. The van der Waals surface area contributed by atoms with Crippen LogP contribution in [-0.4, -0.2) is 46.1 Å². The van der Waals surface area contributed by atoms with Gasteiger partial charge in [0.15, 0.2) is 11.9 Å². The number of Topliss-reactive ketones (excluding diaryl/α,β-unsaturated/α-hetero) is 2. The molecule has 0 aliphatic rings. The first-order valence-corrected chi connectivity index (χ1v) is 10.3. The van der Waals surface area contributed by atoms with Crippen LogP contribution in [0.4, 0.5) is 0 Å². The Morgan fingerprint density at radius 1 is 1.10 bits per heavy atom. The van der Waals surface area contributed by atoms with E-state index in [1.807, 2.05) is 13.0 Å². The number of aliphatic hydroxyl groups is 2. The van der Waals surface area contributed by atoms with E-state index in [9.17, 15) is 24.6 Å². The molecule has 30 heavy (non-hydrogen) atoms. The Morgan fingerprint density at radius 3 is 2.13 bits per heavy atom. The average Bonchev–Trinajstić information content (AvgIpc) is 2.68. The molecule has 0 amide bonds. The first kappa shape index (κ1) is 27.9. The van der Waals surface area contributed by atoms with Gasteiger partial charge in [-0.25, -0.2) is 0 Å². The fourth-order valence-corrected chi connectivity index (χ4v) is 3.04. The molecule has 0 aliphatic heterocycles. The molecule has 5 atom stereocenters. The van der Waals surface area contributed by atoms with Crippen molar-refractivity contribution >= 4 is 17.5 Å². The third kappa shape index (κ3) is 8.36. The van der Waals surface area contributed by atoms with Crippen molar-refractivity contribution in [1.29, 1.82) is 0 Å². The number of hydrogen-bond acceptors (Lipinski definition) is 6. The zero-order valence-electron chi connectivity index (χ0n) is 19.2. The fraction of sp³-hybridized carbons (Fsp3) is 0.625. The summed E-state index contributed by atoms with van der Waals surface area (Å²) >= 11 is 0. The van der Waals surface area contributed by atoms with Crippen LogP contribution in [0.15, 0.2) is 37.0 Å². The Morgan fingerprint density at radius 2 is 1.67 bits per heavy atom. The van der Waals surface area contributed by atoms with Crippen LogP contribution in [0.3, 0.4) is 0 Å². The second-order valence-corrected chi connectivity index (χ2v) is 8.55. The van der Waals surface area contributed by atoms with E-state index in [1.54, 1.807) is 26.0 Å². The first-order valence-electron chi connectivity index (χ1n) is 10.3. The SMILES string of the molecule is C=CC/C(C)=C\CC(OC(=O)C[C@H](O)C(C)(C)C(=O)C(C)C(O)C(C)C=C)C(C)=O. The van der Waals surface area contributed by atoms with Crippen molar-refractivity contribution in [1.82, 2.24) is 0 Å². The molecule has 0 bridgehead atoms. The molecular weight excluding hydrogens is 384 g/mol. The lowest BCUT2D eigenvalue weighted by molar-refractivity contribution is -0.159. The summed E-state index contributed by atoms with van der Waals surface area (Å²) < 4.78 is 5.26. The largest absolute Gasteiger partial charge is 0.454 e. The highest BCUT2D eigenvalue weighted by Crippen LogP contribution is 2.31. The van der Waals surface area contributed by atoms with E-state index < -0.39 is 42.0 Å². The molecule has 6 heteroatoms. The second-order valence-electron chi connectivity index (χ2n) is 8.55. The molecule has 0 aromatic carbocycles. The van der Waals surface area contributed by atoms with E-state index in [1.165, 1.54) is 20.8 Å². The predicted octanol–water partition coefficient (Wildman–Crippen LogP) is 3.57. The maximum absolute atomic E-state index is 12.8. The van der Waals surface area contributed by atoms with Gasteiger partial charge in [0, 0.05) is 18.3 Å². The van der Waals surface area contributed by atoms with Gasteiger partial charge in [0.25, 0.3) is 0 Å². The minimum absolute atomic E-state index is 0.238. The van der Waals surface area contributed by atoms with E-state index >= 15 is 0 Å². The number of ketones is 2. The Hall–Kier alpha value is -2.05. The zero-order valence-corrected chi connectivity index (χ0v) is 19.2. The lowest BCUT2D eigenvalue weighted by atomic mass is 9.73. The van der Waals surface area contributed by atoms with Crippen molar-refractivity contribution in [3.63, 3.8) is 0 Å². The Bertz CT molecular complexity index is 661. The molecule has 2 N–H and O–H groups in total. The minimum atomic E-state index is -1.32. The number of rotatable bonds is 14. The summed E-state index contributed by atoms with van der Waals surface area (Å²) in [5.41, 5.74) is -0.285. The highest BCUT2D eigenvalue weighted by Gasteiger charge is 2.42. The molecule has 6 nitrogen and oxygen atoms in total. The molecule has 0 aromatic rings. The van der Waals surface area contributed by atoms with E-state index in [0.717, 1.165) is 5.57 Å². The lowest BCUT2D eigenvalue weighted by Gasteiger charge is -2.33. The van der Waals surface area contributed by atoms with E-state index in [-0.39, 0.29) is 23.9 Å². The molecule has 4 unspecified atom stereocenters. The number of hydrogen-bond donors (Lipinski definition) is 2. The molecule has 0 saturated heterocycles. The van der Waals surface area contributed by atoms with Crippen molar-refractivity contribution in [3.8, 4) is 0 Å². The topological polar surface area (TPSA) is 101 Å². The highest BCUT2D eigenvalue weighted by atomic mass is 16.5. The van der Waals surface area contributed by atoms with Crippen molar-refractivity contribution in [3.05, 3.63) is 37.0 Å². The van der Waals surface area contributed by atoms with Crippen LogP contribution in [0.25, 0.3) is 0 Å². The maximum atomic E-state index is 12.8. The molecule has 0 fully saturated rings. The van der Waals surface area contributed by atoms with Crippen LogP contribution in [0.1, 0.15) is 60.8 Å². The normalized spacial score (nSPS) is 17.3. The van der Waals surface area contributed by atoms with Crippen LogP contribution < -0.4 is 0 Å². The standard InChI is InChI=1S/C24H38O6/c1-9-11-15(3)12-13-19(18(6)25)30-21(27)14-20(26)24(7,8)23(29)17(5)22(28)16(4)10-2/h9-10,12,16-17,19-20,22,26,28H,1-2,11,13-14H2,3-8H3/b15-12-/t16?,17?,19?,20-,22?/m0/s1. The van der Waals surface area contributed by atoms with Crippen molar-refractivity contribution in [2.45, 2.75) is 79.1 Å². The average molecular weight is 423 g/mol. The molecule has 170 valence electrons. The van der Waals surface area contributed by atoms with Crippen LogP contribution >= 0.6 is 0 Å². The molecule has 0 radical (unpaired) electrons. The van der Waals surface area contributed by atoms with Gasteiger partial charge < -0.3 is 14.9 Å². The first-order chi connectivity index (χ1) is 13.8. The molecule has 0 rings (SSSR count). The van der Waals surface area contributed by atoms with Gasteiger partial charge >= 0.3 is 5.97 Å². The minimum Gasteiger partial charge on any atom is -0.454 e. The molecular formula is C24H38O6. The Balaban J connectivity index is 5.12. The molecule has 0 aromatic heterocycles. The summed E-state index contributed by atoms with van der Waals surface area (Å²) in [6.07, 6.45) is 2.37. The monoisotopic (exact) mass is 422 g/mol. The number of allylic oxidation sites excluding steroid dienone is 2. The highest BCUT2D eigenvalue weighted by molar-refractivity contribution is 5.88.